The Balaban J connectivity index is 1.68. The normalized spacial score (nSPS) is 14.0. The lowest BCUT2D eigenvalue weighted by atomic mass is 10.1. The topological polar surface area (TPSA) is 68.9 Å². The second kappa shape index (κ2) is 8.80. The Morgan fingerprint density at radius 2 is 1.96 bits per heavy atom. The molecule has 138 valence electrons. The van der Waals surface area contributed by atoms with E-state index in [1.165, 1.54) is 6.07 Å². The van der Waals surface area contributed by atoms with E-state index < -0.39 is 0 Å². The van der Waals surface area contributed by atoms with E-state index in [1.807, 2.05) is 24.5 Å². The maximum atomic E-state index is 13.4. The fourth-order valence-electron chi connectivity index (χ4n) is 2.64. The average Bonchev–Trinajstić information content (AvgIpc) is 2.86. The maximum absolute atomic E-state index is 13.4. The number of rotatable bonds is 5. The molecule has 0 fully saturated rings. The number of hydrogen-bond donors (Lipinski definition) is 2. The summed E-state index contributed by atoms with van der Waals surface area (Å²) in [4.78, 5) is 4.37. The quantitative estimate of drug-likeness (QED) is 0.615. The van der Waals surface area contributed by atoms with Crippen molar-refractivity contribution >= 4 is 23.4 Å². The number of fused-ring (bicyclic) bond motifs is 1. The van der Waals surface area contributed by atoms with E-state index in [9.17, 15) is 4.39 Å². The first-order valence-electron chi connectivity index (χ1n) is 8.38. The first-order chi connectivity index (χ1) is 12.7. The summed E-state index contributed by atoms with van der Waals surface area (Å²) in [6.07, 6.45) is 2.84. The van der Waals surface area contributed by atoms with Gasteiger partial charge in [0, 0.05) is 23.9 Å². The van der Waals surface area contributed by atoms with Gasteiger partial charge in [-0.25, -0.2) is 9.38 Å². The largest absolute Gasteiger partial charge is 0.490 e. The van der Waals surface area contributed by atoms with Crippen LogP contribution in [-0.4, -0.2) is 25.4 Å². The minimum atomic E-state index is -0.236. The van der Waals surface area contributed by atoms with Gasteiger partial charge in [-0.05, 0) is 41.6 Å². The maximum Gasteiger partial charge on any atom is 0.193 e. The van der Waals surface area contributed by atoms with Crippen LogP contribution in [0.1, 0.15) is 17.5 Å². The van der Waals surface area contributed by atoms with Crippen LogP contribution in [0.25, 0.3) is 0 Å². The van der Waals surface area contributed by atoms with Crippen molar-refractivity contribution in [1.29, 1.82) is 0 Å². The number of ether oxygens (including phenoxy) is 2. The van der Waals surface area contributed by atoms with Crippen LogP contribution in [0.2, 0.25) is 0 Å². The van der Waals surface area contributed by atoms with Crippen LogP contribution in [0, 0.1) is 5.82 Å². The van der Waals surface area contributed by atoms with E-state index in [4.69, 9.17) is 15.2 Å². The summed E-state index contributed by atoms with van der Waals surface area (Å²) in [7, 11) is 0. The van der Waals surface area contributed by atoms with Gasteiger partial charge in [0.2, 0.25) is 0 Å². The fourth-order valence-corrected chi connectivity index (χ4v) is 3.22. The SMILES string of the molecule is CSCc1cc(F)ccc1CN=C(N)Nc1ccc2c(c1)OCCCO2. The Bertz CT molecular complexity index is 798. The highest BCUT2D eigenvalue weighted by molar-refractivity contribution is 7.97. The van der Waals surface area contributed by atoms with Crippen molar-refractivity contribution < 1.29 is 13.9 Å². The Kier molecular flexibility index (Phi) is 6.22. The van der Waals surface area contributed by atoms with Gasteiger partial charge in [-0.2, -0.15) is 11.8 Å². The number of nitrogens with two attached hydrogens (primary N) is 1. The molecule has 7 heteroatoms. The lowest BCUT2D eigenvalue weighted by Crippen LogP contribution is -2.22. The molecular weight excluding hydrogens is 353 g/mol. The van der Waals surface area contributed by atoms with Crippen LogP contribution in [0.15, 0.2) is 41.4 Å². The Hall–Kier alpha value is -2.41. The lowest BCUT2D eigenvalue weighted by Gasteiger charge is -2.11. The average molecular weight is 375 g/mol. The summed E-state index contributed by atoms with van der Waals surface area (Å²) in [6, 6.07) is 10.3. The summed E-state index contributed by atoms with van der Waals surface area (Å²) in [5, 5.41) is 3.06. The van der Waals surface area contributed by atoms with Crippen LogP contribution < -0.4 is 20.5 Å². The van der Waals surface area contributed by atoms with Gasteiger partial charge in [-0.15, -0.1) is 0 Å². The molecule has 0 atom stereocenters. The number of guanidine groups is 1. The fraction of sp³-hybridized carbons (Fsp3) is 0.316. The summed E-state index contributed by atoms with van der Waals surface area (Å²) in [6.45, 7) is 1.67. The van der Waals surface area contributed by atoms with Gasteiger partial charge in [-0.3, -0.25) is 0 Å². The number of nitrogens with zero attached hydrogens (tertiary/aromatic N) is 1. The third-order valence-corrected chi connectivity index (χ3v) is 4.51. The monoisotopic (exact) mass is 375 g/mol. The van der Waals surface area contributed by atoms with Crippen molar-refractivity contribution in [2.45, 2.75) is 18.7 Å². The third kappa shape index (κ3) is 4.82. The number of thioether (sulfide) groups is 1. The second-order valence-electron chi connectivity index (χ2n) is 5.88. The van der Waals surface area contributed by atoms with Crippen LogP contribution in [0.3, 0.4) is 0 Å². The van der Waals surface area contributed by atoms with Gasteiger partial charge < -0.3 is 20.5 Å². The smallest absolute Gasteiger partial charge is 0.193 e. The number of aliphatic imine (C=N–C) groups is 1. The minimum Gasteiger partial charge on any atom is -0.490 e. The summed E-state index contributed by atoms with van der Waals surface area (Å²) < 4.78 is 24.7. The molecule has 1 aliphatic rings. The predicted octanol–water partition coefficient (Wildman–Crippen LogP) is 3.78. The molecule has 3 N–H and O–H groups in total. The molecule has 0 saturated carbocycles. The first kappa shape index (κ1) is 18.4. The molecule has 0 radical (unpaired) electrons. The van der Waals surface area contributed by atoms with Crippen molar-refractivity contribution in [1.82, 2.24) is 0 Å². The molecule has 2 aromatic carbocycles. The number of anilines is 1. The molecule has 1 heterocycles. The van der Waals surface area contributed by atoms with E-state index in [0.717, 1.165) is 34.7 Å². The molecule has 5 nitrogen and oxygen atoms in total. The van der Waals surface area contributed by atoms with Crippen molar-refractivity contribution in [2.24, 2.45) is 10.7 Å². The second-order valence-corrected chi connectivity index (χ2v) is 6.75. The summed E-state index contributed by atoms with van der Waals surface area (Å²) in [5.74, 6) is 2.22. The number of benzene rings is 2. The zero-order chi connectivity index (χ0) is 18.4. The van der Waals surface area contributed by atoms with Gasteiger partial charge in [0.15, 0.2) is 17.5 Å². The Morgan fingerprint density at radius 1 is 1.15 bits per heavy atom. The van der Waals surface area contributed by atoms with Crippen molar-refractivity contribution in [3.05, 3.63) is 53.3 Å². The zero-order valence-corrected chi connectivity index (χ0v) is 15.4. The lowest BCUT2D eigenvalue weighted by molar-refractivity contribution is 0.297. The van der Waals surface area contributed by atoms with Gasteiger partial charge in [0.05, 0.1) is 19.8 Å². The van der Waals surface area contributed by atoms with Crippen LogP contribution in [-0.2, 0) is 12.3 Å². The highest BCUT2D eigenvalue weighted by atomic mass is 32.2. The molecular formula is C19H22FN3O2S. The Morgan fingerprint density at radius 3 is 2.77 bits per heavy atom. The van der Waals surface area contributed by atoms with Gasteiger partial charge in [0.1, 0.15) is 5.82 Å². The predicted molar refractivity (Wildman–Crippen MR) is 105 cm³/mol. The van der Waals surface area contributed by atoms with E-state index in [-0.39, 0.29) is 5.82 Å². The minimum absolute atomic E-state index is 0.236. The van der Waals surface area contributed by atoms with Gasteiger partial charge in [-0.1, -0.05) is 6.07 Å². The third-order valence-electron chi connectivity index (χ3n) is 3.91. The molecule has 0 unspecified atom stereocenters. The summed E-state index contributed by atoms with van der Waals surface area (Å²) in [5.41, 5.74) is 8.68. The zero-order valence-electron chi connectivity index (χ0n) is 14.6. The van der Waals surface area contributed by atoms with Crippen LogP contribution in [0.5, 0.6) is 11.5 Å². The molecule has 0 amide bonds. The molecule has 3 rings (SSSR count). The molecule has 0 aliphatic carbocycles. The standard InChI is InChI=1S/C19H22FN3O2S/c1-26-12-14-9-15(20)4-3-13(14)11-22-19(21)23-16-5-6-17-18(10-16)25-8-2-7-24-17/h3-6,9-10H,2,7-8,11-12H2,1H3,(H3,21,22,23). The number of halogens is 1. The van der Waals surface area contributed by atoms with Gasteiger partial charge >= 0.3 is 0 Å². The van der Waals surface area contributed by atoms with E-state index in [1.54, 1.807) is 23.9 Å². The molecule has 26 heavy (non-hydrogen) atoms. The van der Waals surface area contributed by atoms with Crippen LogP contribution >= 0.6 is 11.8 Å². The van der Waals surface area contributed by atoms with E-state index >= 15 is 0 Å². The molecule has 0 bridgehead atoms. The molecule has 0 saturated heterocycles. The van der Waals surface area contributed by atoms with Crippen molar-refractivity contribution in [3.63, 3.8) is 0 Å². The highest BCUT2D eigenvalue weighted by Crippen LogP contribution is 2.32. The molecule has 1 aliphatic heterocycles. The molecule has 2 aromatic rings. The highest BCUT2D eigenvalue weighted by Gasteiger charge is 2.11. The molecule has 0 spiro atoms. The summed E-state index contributed by atoms with van der Waals surface area (Å²) >= 11 is 1.64. The molecule has 0 aromatic heterocycles. The van der Waals surface area contributed by atoms with Crippen LogP contribution in [0.4, 0.5) is 10.1 Å². The first-order valence-corrected chi connectivity index (χ1v) is 9.78. The number of hydrogen-bond acceptors (Lipinski definition) is 4. The number of nitrogens with one attached hydrogen (secondary N) is 1. The van der Waals surface area contributed by atoms with E-state index in [0.29, 0.717) is 31.5 Å². The van der Waals surface area contributed by atoms with E-state index in [2.05, 4.69) is 10.3 Å². The van der Waals surface area contributed by atoms with Crippen molar-refractivity contribution in [2.75, 3.05) is 24.8 Å². The van der Waals surface area contributed by atoms with Crippen molar-refractivity contribution in [3.8, 4) is 11.5 Å². The Labute approximate surface area is 156 Å². The van der Waals surface area contributed by atoms with Gasteiger partial charge in [0.25, 0.3) is 0 Å².